The molecule has 1 heterocycles. The SMILES string of the molecule is CC(C)C1OCCCC1CNC(=O)Cc1ccc(N)cc1.Cl. The van der Waals surface area contributed by atoms with Crippen molar-refractivity contribution < 1.29 is 9.53 Å². The number of carbonyl (C=O) groups is 1. The van der Waals surface area contributed by atoms with Crippen molar-refractivity contribution in [3.05, 3.63) is 29.8 Å². The molecule has 0 bridgehead atoms. The van der Waals surface area contributed by atoms with Crippen LogP contribution in [0.5, 0.6) is 0 Å². The molecule has 1 aromatic carbocycles. The normalized spacial score (nSPS) is 21.2. The third-order valence-corrected chi connectivity index (χ3v) is 4.06. The van der Waals surface area contributed by atoms with Crippen LogP contribution in [0.15, 0.2) is 24.3 Å². The summed E-state index contributed by atoms with van der Waals surface area (Å²) in [6.45, 7) is 5.91. The molecular weight excluding hydrogens is 300 g/mol. The Bertz CT molecular complexity index is 462. The molecule has 2 atom stereocenters. The summed E-state index contributed by atoms with van der Waals surface area (Å²) in [6.07, 6.45) is 2.88. The van der Waals surface area contributed by atoms with Crippen molar-refractivity contribution in [2.24, 2.45) is 11.8 Å². The van der Waals surface area contributed by atoms with Crippen molar-refractivity contribution in [1.82, 2.24) is 5.32 Å². The van der Waals surface area contributed by atoms with Crippen LogP contribution < -0.4 is 11.1 Å². The third kappa shape index (κ3) is 5.50. The summed E-state index contributed by atoms with van der Waals surface area (Å²) >= 11 is 0. The summed E-state index contributed by atoms with van der Waals surface area (Å²) in [5.74, 6) is 0.978. The number of halogens is 1. The minimum Gasteiger partial charge on any atom is -0.399 e. The molecule has 0 spiro atoms. The molecule has 124 valence electrons. The van der Waals surface area contributed by atoms with Gasteiger partial charge in [0.05, 0.1) is 12.5 Å². The Labute approximate surface area is 139 Å². The highest BCUT2D eigenvalue weighted by atomic mass is 35.5. The van der Waals surface area contributed by atoms with Gasteiger partial charge in [0, 0.05) is 24.8 Å². The molecule has 2 unspecified atom stereocenters. The van der Waals surface area contributed by atoms with Gasteiger partial charge in [-0.3, -0.25) is 4.79 Å². The minimum absolute atomic E-state index is 0. The lowest BCUT2D eigenvalue weighted by molar-refractivity contribution is -0.121. The second-order valence-corrected chi connectivity index (χ2v) is 6.20. The first-order valence-corrected chi connectivity index (χ1v) is 7.79. The number of nitrogen functional groups attached to an aromatic ring is 1. The number of carbonyl (C=O) groups excluding carboxylic acids is 1. The zero-order valence-electron chi connectivity index (χ0n) is 13.4. The number of hydrogen-bond acceptors (Lipinski definition) is 3. The number of benzene rings is 1. The van der Waals surface area contributed by atoms with Gasteiger partial charge in [-0.2, -0.15) is 0 Å². The zero-order valence-corrected chi connectivity index (χ0v) is 14.2. The molecule has 5 heteroatoms. The van der Waals surface area contributed by atoms with Gasteiger partial charge in [-0.25, -0.2) is 0 Å². The quantitative estimate of drug-likeness (QED) is 0.818. The Hall–Kier alpha value is -1.26. The Kier molecular flexibility index (Phi) is 7.69. The molecule has 0 saturated carbocycles. The van der Waals surface area contributed by atoms with Gasteiger partial charge in [-0.15, -0.1) is 12.4 Å². The van der Waals surface area contributed by atoms with E-state index >= 15 is 0 Å². The van der Waals surface area contributed by atoms with Crippen LogP contribution in [0.4, 0.5) is 5.69 Å². The average Bonchev–Trinajstić information content (AvgIpc) is 2.48. The molecule has 1 aliphatic rings. The van der Waals surface area contributed by atoms with E-state index in [-0.39, 0.29) is 24.4 Å². The van der Waals surface area contributed by atoms with Crippen molar-refractivity contribution in [2.75, 3.05) is 18.9 Å². The van der Waals surface area contributed by atoms with E-state index in [4.69, 9.17) is 10.5 Å². The topological polar surface area (TPSA) is 64.3 Å². The van der Waals surface area contributed by atoms with Crippen LogP contribution in [0.1, 0.15) is 32.3 Å². The maximum absolute atomic E-state index is 12.0. The van der Waals surface area contributed by atoms with Gasteiger partial charge in [0.1, 0.15) is 0 Å². The molecule has 0 radical (unpaired) electrons. The molecular formula is C17H27ClN2O2. The lowest BCUT2D eigenvalue weighted by atomic mass is 9.87. The highest BCUT2D eigenvalue weighted by Gasteiger charge is 2.28. The van der Waals surface area contributed by atoms with Crippen molar-refractivity contribution in [3.8, 4) is 0 Å². The first-order chi connectivity index (χ1) is 10.1. The summed E-state index contributed by atoms with van der Waals surface area (Å²) in [6, 6.07) is 7.45. The van der Waals surface area contributed by atoms with Crippen LogP contribution in [0, 0.1) is 11.8 Å². The fourth-order valence-corrected chi connectivity index (χ4v) is 2.95. The minimum atomic E-state index is 0. The van der Waals surface area contributed by atoms with Gasteiger partial charge >= 0.3 is 0 Å². The fraction of sp³-hybridized carbons (Fsp3) is 0.588. The monoisotopic (exact) mass is 326 g/mol. The number of nitrogens with one attached hydrogen (secondary N) is 1. The number of hydrogen-bond donors (Lipinski definition) is 2. The second kappa shape index (κ2) is 9.01. The molecule has 2 rings (SSSR count). The van der Waals surface area contributed by atoms with Gasteiger partial charge in [0.2, 0.25) is 5.91 Å². The molecule has 22 heavy (non-hydrogen) atoms. The molecule has 1 amide bonds. The molecule has 1 aliphatic heterocycles. The predicted molar refractivity (Wildman–Crippen MR) is 92.1 cm³/mol. The van der Waals surface area contributed by atoms with E-state index in [1.165, 1.54) is 0 Å². The molecule has 0 aliphatic carbocycles. The second-order valence-electron chi connectivity index (χ2n) is 6.20. The summed E-state index contributed by atoms with van der Waals surface area (Å²) in [4.78, 5) is 12.0. The predicted octanol–water partition coefficient (Wildman–Crippen LogP) is 2.80. The zero-order chi connectivity index (χ0) is 15.2. The van der Waals surface area contributed by atoms with Crippen molar-refractivity contribution in [2.45, 2.75) is 39.2 Å². The lowest BCUT2D eigenvalue weighted by Gasteiger charge is -2.34. The first kappa shape index (κ1) is 18.8. The van der Waals surface area contributed by atoms with Crippen molar-refractivity contribution in [3.63, 3.8) is 0 Å². The maximum Gasteiger partial charge on any atom is 0.224 e. The summed E-state index contributed by atoms with van der Waals surface area (Å²) in [5.41, 5.74) is 7.35. The molecule has 1 saturated heterocycles. The van der Waals surface area contributed by atoms with E-state index in [0.29, 0.717) is 24.8 Å². The first-order valence-electron chi connectivity index (χ1n) is 7.79. The summed E-state index contributed by atoms with van der Waals surface area (Å²) in [7, 11) is 0. The Balaban J connectivity index is 0.00000242. The van der Waals surface area contributed by atoms with Crippen molar-refractivity contribution >= 4 is 24.0 Å². The number of anilines is 1. The molecule has 0 aromatic heterocycles. The number of amides is 1. The Morgan fingerprint density at radius 1 is 1.36 bits per heavy atom. The largest absolute Gasteiger partial charge is 0.399 e. The number of ether oxygens (including phenoxy) is 1. The number of rotatable bonds is 5. The highest BCUT2D eigenvalue weighted by Crippen LogP contribution is 2.25. The fourth-order valence-electron chi connectivity index (χ4n) is 2.95. The van der Waals surface area contributed by atoms with E-state index in [9.17, 15) is 4.79 Å². The van der Waals surface area contributed by atoms with Crippen LogP contribution in [0.25, 0.3) is 0 Å². The average molecular weight is 327 g/mol. The lowest BCUT2D eigenvalue weighted by Crippen LogP contribution is -2.41. The molecule has 1 fully saturated rings. The smallest absolute Gasteiger partial charge is 0.224 e. The molecule has 4 nitrogen and oxygen atoms in total. The maximum atomic E-state index is 12.0. The standard InChI is InChI=1S/C17H26N2O2.ClH/c1-12(2)17-14(4-3-9-21-17)11-19-16(20)10-13-5-7-15(18)8-6-13;/h5-8,12,14,17H,3-4,9-11,18H2,1-2H3,(H,19,20);1H. The Morgan fingerprint density at radius 2 is 2.05 bits per heavy atom. The van der Waals surface area contributed by atoms with E-state index in [0.717, 1.165) is 30.7 Å². The van der Waals surface area contributed by atoms with Crippen LogP contribution in [-0.2, 0) is 16.0 Å². The van der Waals surface area contributed by atoms with Gasteiger partial charge in [-0.05, 0) is 36.5 Å². The number of nitrogens with two attached hydrogens (primary N) is 1. The van der Waals surface area contributed by atoms with Crippen LogP contribution in [-0.4, -0.2) is 25.2 Å². The van der Waals surface area contributed by atoms with E-state index < -0.39 is 0 Å². The van der Waals surface area contributed by atoms with E-state index in [2.05, 4.69) is 19.2 Å². The van der Waals surface area contributed by atoms with E-state index in [1.54, 1.807) is 0 Å². The van der Waals surface area contributed by atoms with Gasteiger partial charge < -0.3 is 15.8 Å². The van der Waals surface area contributed by atoms with Gasteiger partial charge in [0.25, 0.3) is 0 Å². The van der Waals surface area contributed by atoms with Crippen molar-refractivity contribution in [1.29, 1.82) is 0 Å². The highest BCUT2D eigenvalue weighted by molar-refractivity contribution is 5.85. The Morgan fingerprint density at radius 3 is 2.68 bits per heavy atom. The van der Waals surface area contributed by atoms with Gasteiger partial charge in [-0.1, -0.05) is 26.0 Å². The third-order valence-electron chi connectivity index (χ3n) is 4.06. The van der Waals surface area contributed by atoms with Crippen LogP contribution >= 0.6 is 12.4 Å². The molecule has 1 aromatic rings. The summed E-state index contributed by atoms with van der Waals surface area (Å²) in [5, 5.41) is 3.05. The van der Waals surface area contributed by atoms with Gasteiger partial charge in [0.15, 0.2) is 0 Å². The van der Waals surface area contributed by atoms with Crippen LogP contribution in [0.2, 0.25) is 0 Å². The molecule has 3 N–H and O–H groups in total. The summed E-state index contributed by atoms with van der Waals surface area (Å²) < 4.78 is 5.85. The van der Waals surface area contributed by atoms with E-state index in [1.807, 2.05) is 24.3 Å². The van der Waals surface area contributed by atoms with Crippen LogP contribution in [0.3, 0.4) is 0 Å².